The Labute approximate surface area is 164 Å². The minimum absolute atomic E-state index is 0.131. The molecule has 0 atom stereocenters. The molecule has 0 spiro atoms. The summed E-state index contributed by atoms with van der Waals surface area (Å²) in [6.45, 7) is 0.614. The molecule has 0 saturated carbocycles. The van der Waals surface area contributed by atoms with Crippen LogP contribution in [0.3, 0.4) is 0 Å². The van der Waals surface area contributed by atoms with Crippen molar-refractivity contribution in [3.63, 3.8) is 0 Å². The number of aliphatic hydroxyl groups is 2. The summed E-state index contributed by atoms with van der Waals surface area (Å²) in [6.07, 6.45) is 11.2. The zero-order valence-electron chi connectivity index (χ0n) is 16.5. The van der Waals surface area contributed by atoms with Crippen molar-refractivity contribution in [1.29, 1.82) is 0 Å². The van der Waals surface area contributed by atoms with Crippen LogP contribution in [0.1, 0.15) is 75.3 Å². The molecule has 2 nitrogen and oxygen atoms in total. The van der Waals surface area contributed by atoms with Crippen molar-refractivity contribution in [3.8, 4) is 11.1 Å². The quantitative estimate of drug-likeness (QED) is 0.463. The van der Waals surface area contributed by atoms with Crippen LogP contribution in [0.15, 0.2) is 48.5 Å². The molecule has 0 aromatic heterocycles. The van der Waals surface area contributed by atoms with E-state index >= 15 is 0 Å². The molecule has 3 rings (SSSR count). The van der Waals surface area contributed by atoms with Crippen molar-refractivity contribution in [1.82, 2.24) is 0 Å². The Morgan fingerprint density at radius 1 is 0.519 bits per heavy atom. The summed E-state index contributed by atoms with van der Waals surface area (Å²) in [5.41, 5.74) is 5.98. The zero-order chi connectivity index (χ0) is 19.0. The van der Waals surface area contributed by atoms with E-state index in [1.807, 2.05) is 0 Å². The predicted molar refractivity (Wildman–Crippen MR) is 113 cm³/mol. The van der Waals surface area contributed by atoms with Crippen LogP contribution in [0.4, 0.5) is 0 Å². The average molecular weight is 367 g/mol. The highest BCUT2D eigenvalue weighted by Gasteiger charge is 2.41. The lowest BCUT2D eigenvalue weighted by molar-refractivity contribution is 0.279. The summed E-state index contributed by atoms with van der Waals surface area (Å²) in [5, 5.41) is 18.1. The van der Waals surface area contributed by atoms with Crippen molar-refractivity contribution < 1.29 is 10.2 Å². The minimum atomic E-state index is 0.131. The first-order valence-electron chi connectivity index (χ1n) is 10.7. The molecular weight excluding hydrogens is 332 g/mol. The van der Waals surface area contributed by atoms with E-state index in [0.29, 0.717) is 13.2 Å². The molecule has 2 N–H and O–H groups in total. The standard InChI is InChI=1S/C25H34O2/c26-19-11-3-1-9-17-25(18-10-2-4-12-20-27)23-15-7-5-13-21(23)22-14-6-8-16-24(22)25/h5-8,13-16,26-27H,1-4,9-12,17-20H2. The second-order valence-electron chi connectivity index (χ2n) is 7.95. The van der Waals surface area contributed by atoms with Crippen LogP contribution in [-0.2, 0) is 5.41 Å². The SMILES string of the molecule is OCCCCCCC1(CCCCCCO)c2ccccc2-c2ccccc21. The van der Waals surface area contributed by atoms with Crippen LogP contribution >= 0.6 is 0 Å². The molecule has 0 unspecified atom stereocenters. The van der Waals surface area contributed by atoms with Gasteiger partial charge in [0.1, 0.15) is 0 Å². The molecule has 0 bridgehead atoms. The van der Waals surface area contributed by atoms with Gasteiger partial charge in [-0.2, -0.15) is 0 Å². The Kier molecular flexibility index (Phi) is 7.49. The number of hydrogen-bond donors (Lipinski definition) is 2. The van der Waals surface area contributed by atoms with E-state index in [9.17, 15) is 0 Å². The molecular formula is C25H34O2. The normalized spacial score (nSPS) is 14.1. The Balaban J connectivity index is 1.84. The third-order valence-electron chi connectivity index (χ3n) is 6.20. The van der Waals surface area contributed by atoms with Crippen molar-refractivity contribution in [2.45, 2.75) is 69.6 Å². The molecule has 0 amide bonds. The van der Waals surface area contributed by atoms with Crippen LogP contribution in [-0.4, -0.2) is 23.4 Å². The smallest absolute Gasteiger partial charge is 0.0431 e. The highest BCUT2D eigenvalue weighted by Crippen LogP contribution is 2.53. The molecule has 0 radical (unpaired) electrons. The summed E-state index contributed by atoms with van der Waals surface area (Å²) in [6, 6.07) is 18.0. The van der Waals surface area contributed by atoms with Gasteiger partial charge in [0.25, 0.3) is 0 Å². The van der Waals surface area contributed by atoms with Gasteiger partial charge in [0, 0.05) is 18.6 Å². The number of hydrogen-bond acceptors (Lipinski definition) is 2. The molecule has 2 aromatic carbocycles. The van der Waals surface area contributed by atoms with Gasteiger partial charge in [-0.25, -0.2) is 0 Å². The van der Waals surface area contributed by atoms with Gasteiger partial charge in [0.15, 0.2) is 0 Å². The van der Waals surface area contributed by atoms with Gasteiger partial charge in [0.2, 0.25) is 0 Å². The van der Waals surface area contributed by atoms with E-state index < -0.39 is 0 Å². The molecule has 0 heterocycles. The molecule has 2 aromatic rings. The fraction of sp³-hybridized carbons (Fsp3) is 0.520. The molecule has 0 aliphatic heterocycles. The van der Waals surface area contributed by atoms with Gasteiger partial charge in [-0.3, -0.25) is 0 Å². The number of fused-ring (bicyclic) bond motifs is 3. The maximum atomic E-state index is 9.06. The molecule has 146 valence electrons. The Bertz CT molecular complexity index is 645. The molecule has 1 aliphatic rings. The van der Waals surface area contributed by atoms with Gasteiger partial charge in [-0.15, -0.1) is 0 Å². The Morgan fingerprint density at radius 2 is 0.926 bits per heavy atom. The number of aliphatic hydroxyl groups excluding tert-OH is 2. The van der Waals surface area contributed by atoms with E-state index in [0.717, 1.165) is 25.7 Å². The van der Waals surface area contributed by atoms with Gasteiger partial charge in [-0.1, -0.05) is 87.1 Å². The van der Waals surface area contributed by atoms with Crippen LogP contribution < -0.4 is 0 Å². The fourth-order valence-electron chi connectivity index (χ4n) is 4.86. The summed E-state index contributed by atoms with van der Waals surface area (Å²) in [7, 11) is 0. The van der Waals surface area contributed by atoms with Crippen molar-refractivity contribution in [2.24, 2.45) is 0 Å². The second-order valence-corrected chi connectivity index (χ2v) is 7.95. The lowest BCUT2D eigenvalue weighted by Gasteiger charge is -2.33. The van der Waals surface area contributed by atoms with Gasteiger partial charge in [0.05, 0.1) is 0 Å². The summed E-state index contributed by atoms with van der Waals surface area (Å²) >= 11 is 0. The van der Waals surface area contributed by atoms with E-state index in [1.165, 1.54) is 60.8 Å². The van der Waals surface area contributed by atoms with Crippen molar-refractivity contribution in [2.75, 3.05) is 13.2 Å². The molecule has 0 saturated heterocycles. The van der Waals surface area contributed by atoms with Crippen LogP contribution in [0, 0.1) is 0 Å². The highest BCUT2D eigenvalue weighted by atomic mass is 16.3. The number of unbranched alkanes of at least 4 members (excludes halogenated alkanes) is 6. The van der Waals surface area contributed by atoms with Gasteiger partial charge < -0.3 is 10.2 Å². The third kappa shape index (κ3) is 4.44. The van der Waals surface area contributed by atoms with E-state index in [2.05, 4.69) is 48.5 Å². The molecule has 1 aliphatic carbocycles. The summed E-state index contributed by atoms with van der Waals surface area (Å²) < 4.78 is 0. The summed E-state index contributed by atoms with van der Waals surface area (Å²) in [5.74, 6) is 0. The van der Waals surface area contributed by atoms with E-state index in [4.69, 9.17) is 10.2 Å². The van der Waals surface area contributed by atoms with Gasteiger partial charge >= 0.3 is 0 Å². The first-order valence-corrected chi connectivity index (χ1v) is 10.7. The maximum Gasteiger partial charge on any atom is 0.0431 e. The predicted octanol–water partition coefficient (Wildman–Crippen LogP) is 5.84. The largest absolute Gasteiger partial charge is 0.396 e. The van der Waals surface area contributed by atoms with Crippen LogP contribution in [0.25, 0.3) is 11.1 Å². The van der Waals surface area contributed by atoms with Gasteiger partial charge in [-0.05, 0) is 47.9 Å². The summed E-state index contributed by atoms with van der Waals surface area (Å²) in [4.78, 5) is 0. The topological polar surface area (TPSA) is 40.5 Å². The monoisotopic (exact) mass is 366 g/mol. The van der Waals surface area contributed by atoms with Crippen LogP contribution in [0.2, 0.25) is 0 Å². The van der Waals surface area contributed by atoms with Crippen molar-refractivity contribution >= 4 is 0 Å². The molecule has 27 heavy (non-hydrogen) atoms. The Hall–Kier alpha value is -1.64. The molecule has 0 fully saturated rings. The highest BCUT2D eigenvalue weighted by molar-refractivity contribution is 5.80. The zero-order valence-corrected chi connectivity index (χ0v) is 16.5. The van der Waals surface area contributed by atoms with Crippen molar-refractivity contribution in [3.05, 3.63) is 59.7 Å². The fourth-order valence-corrected chi connectivity index (χ4v) is 4.86. The Morgan fingerprint density at radius 3 is 1.37 bits per heavy atom. The minimum Gasteiger partial charge on any atom is -0.396 e. The first-order chi connectivity index (χ1) is 13.3. The van der Waals surface area contributed by atoms with E-state index in [1.54, 1.807) is 0 Å². The molecule has 2 heteroatoms. The maximum absolute atomic E-state index is 9.06. The third-order valence-corrected chi connectivity index (χ3v) is 6.20. The lowest BCUT2D eigenvalue weighted by atomic mass is 9.70. The van der Waals surface area contributed by atoms with Crippen LogP contribution in [0.5, 0.6) is 0 Å². The number of rotatable bonds is 12. The lowest BCUT2D eigenvalue weighted by Crippen LogP contribution is -2.25. The second kappa shape index (κ2) is 10.1. The van der Waals surface area contributed by atoms with E-state index in [-0.39, 0.29) is 5.41 Å². The first kappa shape index (κ1) is 20.1. The number of benzene rings is 2. The average Bonchev–Trinajstić information content (AvgIpc) is 2.99.